The molecule has 4 aliphatic rings. The van der Waals surface area contributed by atoms with Crippen LogP contribution in [-0.4, -0.2) is 42.0 Å². The second-order valence-corrected chi connectivity index (χ2v) is 10.6. The van der Waals surface area contributed by atoms with E-state index in [1.54, 1.807) is 0 Å². The van der Waals surface area contributed by atoms with Gasteiger partial charge >= 0.3 is 17.9 Å². The van der Waals surface area contributed by atoms with Crippen molar-refractivity contribution in [2.75, 3.05) is 0 Å². The Bertz CT molecular complexity index is 876. The van der Waals surface area contributed by atoms with E-state index in [2.05, 4.69) is 6.92 Å². The van der Waals surface area contributed by atoms with Gasteiger partial charge in [-0.1, -0.05) is 19.4 Å². The van der Waals surface area contributed by atoms with Gasteiger partial charge in [0.1, 0.15) is 24.1 Å². The zero-order valence-corrected chi connectivity index (χ0v) is 19.6. The van der Waals surface area contributed by atoms with E-state index in [0.29, 0.717) is 19.3 Å². The molecule has 0 bridgehead atoms. The van der Waals surface area contributed by atoms with E-state index in [1.165, 1.54) is 20.8 Å². The van der Waals surface area contributed by atoms with E-state index in [1.807, 2.05) is 13.0 Å². The third-order valence-electron chi connectivity index (χ3n) is 8.64. The first kappa shape index (κ1) is 23.0. The average molecular weight is 447 g/mol. The second-order valence-electron chi connectivity index (χ2n) is 10.6. The standard InChI is InChI=1S/C25H34O7/c1-13(26)30-17-8-9-24(4)16(10-17)11-19(31-14(2)27)22-18-6-7-21(29)25(18,5)12-20(23(22)24)32-15(3)28/h11,17-20,22-23H,6-10,12H2,1-5H3/t17?,18-,19?,20?,22+,23+,24-,25-/m0/s1. The van der Waals surface area contributed by atoms with Crippen molar-refractivity contribution in [1.82, 2.24) is 0 Å². The number of carbonyl (C=O) groups is 4. The van der Waals surface area contributed by atoms with Crippen LogP contribution >= 0.6 is 0 Å². The Balaban J connectivity index is 1.81. The Labute approximate surface area is 189 Å². The summed E-state index contributed by atoms with van der Waals surface area (Å²) in [5.41, 5.74) is 0.217. The van der Waals surface area contributed by atoms with Crippen LogP contribution in [0, 0.1) is 28.6 Å². The molecule has 0 aromatic rings. The molecule has 4 rings (SSSR count). The lowest BCUT2D eigenvalue weighted by Gasteiger charge is -2.60. The first-order valence-electron chi connectivity index (χ1n) is 11.7. The van der Waals surface area contributed by atoms with Crippen LogP contribution in [0.2, 0.25) is 0 Å². The van der Waals surface area contributed by atoms with Crippen LogP contribution < -0.4 is 0 Å². The first-order valence-corrected chi connectivity index (χ1v) is 11.7. The van der Waals surface area contributed by atoms with E-state index < -0.39 is 17.6 Å². The van der Waals surface area contributed by atoms with Gasteiger partial charge in [-0.15, -0.1) is 0 Å². The zero-order chi connectivity index (χ0) is 23.4. The lowest BCUT2D eigenvalue weighted by atomic mass is 9.46. The summed E-state index contributed by atoms with van der Waals surface area (Å²) in [6, 6.07) is 0. The van der Waals surface area contributed by atoms with Gasteiger partial charge in [-0.25, -0.2) is 0 Å². The molecule has 0 aromatic carbocycles. The van der Waals surface area contributed by atoms with Crippen molar-refractivity contribution in [3.8, 4) is 0 Å². The minimum Gasteiger partial charge on any atom is -0.462 e. The molecule has 0 saturated heterocycles. The van der Waals surface area contributed by atoms with Crippen LogP contribution in [-0.2, 0) is 33.4 Å². The quantitative estimate of drug-likeness (QED) is 0.372. The van der Waals surface area contributed by atoms with Crippen LogP contribution in [0.5, 0.6) is 0 Å². The maximum Gasteiger partial charge on any atom is 0.303 e. The summed E-state index contributed by atoms with van der Waals surface area (Å²) in [4.78, 5) is 48.7. The number of Topliss-reactive ketones (excluding diaryl/α,β-unsaturated/α-hetero) is 1. The monoisotopic (exact) mass is 446 g/mol. The summed E-state index contributed by atoms with van der Waals surface area (Å²) in [5, 5.41) is 0. The van der Waals surface area contributed by atoms with Gasteiger partial charge in [0, 0.05) is 50.9 Å². The molecule has 0 aliphatic heterocycles. The SMILES string of the molecule is CC(=O)OC1CC[C@@]2(C)C(=CC(OC(C)=O)[C@@H]3[C@H]2C(OC(C)=O)C[C@]2(C)C(=O)CC[C@@H]32)C1. The summed E-state index contributed by atoms with van der Waals surface area (Å²) in [5.74, 6) is -0.943. The highest BCUT2D eigenvalue weighted by Crippen LogP contribution is 2.65. The molecule has 3 fully saturated rings. The third-order valence-corrected chi connectivity index (χ3v) is 8.64. The van der Waals surface area contributed by atoms with Gasteiger partial charge < -0.3 is 14.2 Å². The van der Waals surface area contributed by atoms with Crippen molar-refractivity contribution >= 4 is 23.7 Å². The number of ether oxygens (including phenoxy) is 3. The predicted octanol–water partition coefficient (Wildman–Crippen LogP) is 3.53. The molecule has 0 amide bonds. The summed E-state index contributed by atoms with van der Waals surface area (Å²) in [6.07, 6.45) is 4.74. The maximum atomic E-state index is 13.0. The molecule has 0 aromatic heterocycles. The summed E-state index contributed by atoms with van der Waals surface area (Å²) in [6.45, 7) is 8.40. The number of hydrogen-bond donors (Lipinski definition) is 0. The molecule has 0 N–H and O–H groups in total. The average Bonchev–Trinajstić information content (AvgIpc) is 2.95. The van der Waals surface area contributed by atoms with Crippen LogP contribution in [0.3, 0.4) is 0 Å². The Morgan fingerprint density at radius 3 is 2.22 bits per heavy atom. The molecule has 176 valence electrons. The molecule has 7 nitrogen and oxygen atoms in total. The van der Waals surface area contributed by atoms with Crippen molar-refractivity contribution in [2.45, 2.75) is 91.5 Å². The fraction of sp³-hybridized carbons (Fsp3) is 0.760. The fourth-order valence-electron chi connectivity index (χ4n) is 7.41. The Morgan fingerprint density at radius 2 is 1.59 bits per heavy atom. The molecule has 8 atom stereocenters. The van der Waals surface area contributed by atoms with Crippen LogP contribution in [0.15, 0.2) is 11.6 Å². The molecular formula is C25H34O7. The number of rotatable bonds is 3. The largest absolute Gasteiger partial charge is 0.462 e. The number of fused-ring (bicyclic) bond motifs is 5. The lowest BCUT2D eigenvalue weighted by Crippen LogP contribution is -2.61. The van der Waals surface area contributed by atoms with Gasteiger partial charge in [-0.3, -0.25) is 19.2 Å². The molecule has 0 radical (unpaired) electrons. The van der Waals surface area contributed by atoms with Crippen molar-refractivity contribution < 1.29 is 33.4 Å². The summed E-state index contributed by atoms with van der Waals surface area (Å²) < 4.78 is 17.2. The highest BCUT2D eigenvalue weighted by molar-refractivity contribution is 5.87. The van der Waals surface area contributed by atoms with Crippen LogP contribution in [0.1, 0.15) is 73.1 Å². The molecule has 0 heterocycles. The van der Waals surface area contributed by atoms with E-state index in [-0.39, 0.29) is 53.0 Å². The fourth-order valence-corrected chi connectivity index (χ4v) is 7.41. The van der Waals surface area contributed by atoms with Crippen LogP contribution in [0.25, 0.3) is 0 Å². The second kappa shape index (κ2) is 7.99. The van der Waals surface area contributed by atoms with Crippen molar-refractivity contribution in [3.05, 3.63) is 11.6 Å². The Morgan fingerprint density at radius 1 is 0.938 bits per heavy atom. The van der Waals surface area contributed by atoms with Crippen molar-refractivity contribution in [3.63, 3.8) is 0 Å². The molecular weight excluding hydrogens is 412 g/mol. The van der Waals surface area contributed by atoms with Crippen molar-refractivity contribution in [1.29, 1.82) is 0 Å². The highest BCUT2D eigenvalue weighted by atomic mass is 16.6. The van der Waals surface area contributed by atoms with Gasteiger partial charge in [0.15, 0.2) is 0 Å². The number of ketones is 1. The van der Waals surface area contributed by atoms with E-state index >= 15 is 0 Å². The van der Waals surface area contributed by atoms with E-state index in [9.17, 15) is 19.2 Å². The third kappa shape index (κ3) is 3.67. The first-order chi connectivity index (χ1) is 15.0. The molecule has 32 heavy (non-hydrogen) atoms. The number of hydrogen-bond acceptors (Lipinski definition) is 7. The minimum atomic E-state index is -0.587. The molecule has 4 aliphatic carbocycles. The normalized spacial score (nSPS) is 42.7. The van der Waals surface area contributed by atoms with Crippen LogP contribution in [0.4, 0.5) is 0 Å². The molecule has 3 saturated carbocycles. The zero-order valence-electron chi connectivity index (χ0n) is 19.6. The van der Waals surface area contributed by atoms with Gasteiger partial charge in [0.25, 0.3) is 0 Å². The topological polar surface area (TPSA) is 96.0 Å². The summed E-state index contributed by atoms with van der Waals surface area (Å²) in [7, 11) is 0. The predicted molar refractivity (Wildman–Crippen MR) is 114 cm³/mol. The van der Waals surface area contributed by atoms with Gasteiger partial charge in [-0.05, 0) is 43.1 Å². The number of esters is 3. The van der Waals surface area contributed by atoms with Gasteiger partial charge in [-0.2, -0.15) is 0 Å². The van der Waals surface area contributed by atoms with Crippen molar-refractivity contribution in [2.24, 2.45) is 28.6 Å². The molecule has 3 unspecified atom stereocenters. The minimum absolute atomic E-state index is 0.0666. The highest BCUT2D eigenvalue weighted by Gasteiger charge is 2.65. The molecule has 7 heteroatoms. The number of carbonyl (C=O) groups excluding carboxylic acids is 4. The van der Waals surface area contributed by atoms with Gasteiger partial charge in [0.2, 0.25) is 0 Å². The van der Waals surface area contributed by atoms with E-state index in [0.717, 1.165) is 24.8 Å². The Hall–Kier alpha value is -2.18. The lowest BCUT2D eigenvalue weighted by molar-refractivity contribution is -0.189. The molecule has 0 spiro atoms. The summed E-state index contributed by atoms with van der Waals surface area (Å²) >= 11 is 0. The maximum absolute atomic E-state index is 13.0. The smallest absolute Gasteiger partial charge is 0.303 e. The van der Waals surface area contributed by atoms with E-state index in [4.69, 9.17) is 14.2 Å². The Kier molecular flexibility index (Phi) is 5.74. The van der Waals surface area contributed by atoms with Gasteiger partial charge in [0.05, 0.1) is 0 Å².